The molecule has 0 radical (unpaired) electrons. The van der Waals surface area contributed by atoms with Crippen molar-refractivity contribution in [1.82, 2.24) is 15.4 Å². The minimum atomic E-state index is -0.589. The van der Waals surface area contributed by atoms with E-state index in [0.717, 1.165) is 18.2 Å². The van der Waals surface area contributed by atoms with Gasteiger partial charge in [-0.05, 0) is 44.7 Å². The quantitative estimate of drug-likeness (QED) is 0.149. The van der Waals surface area contributed by atoms with Gasteiger partial charge >= 0.3 is 0 Å². The summed E-state index contributed by atoms with van der Waals surface area (Å²) in [7, 11) is 3.36. The summed E-state index contributed by atoms with van der Waals surface area (Å²) in [4.78, 5) is 8.49. The molecular weight excluding hydrogens is 418 g/mol. The Morgan fingerprint density at radius 2 is 2.06 bits per heavy atom. The summed E-state index contributed by atoms with van der Waals surface area (Å²) in [5.74, 6) is 0.182. The maximum atomic E-state index is 15.0. The molecule has 0 amide bonds. The molecule has 9 heteroatoms. The summed E-state index contributed by atoms with van der Waals surface area (Å²) < 4.78 is 30.2. The summed E-state index contributed by atoms with van der Waals surface area (Å²) in [6.45, 7) is 9.86. The van der Waals surface area contributed by atoms with Crippen molar-refractivity contribution >= 4 is 23.4 Å². The zero-order chi connectivity index (χ0) is 23.6. The third kappa shape index (κ3) is 9.15. The first-order valence-corrected chi connectivity index (χ1v) is 10.5. The van der Waals surface area contributed by atoms with E-state index < -0.39 is 5.83 Å². The predicted octanol–water partition coefficient (Wildman–Crippen LogP) is 4.63. The van der Waals surface area contributed by atoms with Gasteiger partial charge in [-0.1, -0.05) is 18.9 Å². The van der Waals surface area contributed by atoms with E-state index in [2.05, 4.69) is 44.6 Å². The molecular formula is C22H30F2N6S. The molecule has 1 aliphatic carbocycles. The number of hydrogen-bond donors (Lipinski definition) is 3. The van der Waals surface area contributed by atoms with Crippen LogP contribution < -0.4 is 15.4 Å². The molecule has 0 saturated carbocycles. The number of nitrogens with one attached hydrogen (secondary N) is 3. The van der Waals surface area contributed by atoms with Crippen LogP contribution in [0.3, 0.4) is 0 Å². The zero-order valence-electron chi connectivity index (χ0n) is 18.4. The Morgan fingerprint density at radius 3 is 2.61 bits per heavy atom. The van der Waals surface area contributed by atoms with Crippen molar-refractivity contribution in [1.29, 1.82) is 5.26 Å². The maximum Gasteiger partial charge on any atom is 0.166 e. The van der Waals surface area contributed by atoms with Crippen molar-refractivity contribution in [3.8, 4) is 6.07 Å². The lowest BCUT2D eigenvalue weighted by Crippen LogP contribution is -2.26. The molecule has 0 spiro atoms. The minimum Gasteiger partial charge on any atom is -0.356 e. The van der Waals surface area contributed by atoms with E-state index in [1.54, 1.807) is 26.2 Å². The number of rotatable bonds is 10. The molecule has 1 aliphatic rings. The molecule has 0 atom stereocenters. The molecule has 0 unspecified atom stereocenters. The summed E-state index contributed by atoms with van der Waals surface area (Å²) >= 11 is 1.32. The Hall–Kier alpha value is -2.96. The monoisotopic (exact) mass is 448 g/mol. The molecule has 0 fully saturated rings. The second-order valence-corrected chi connectivity index (χ2v) is 6.68. The van der Waals surface area contributed by atoms with Crippen LogP contribution in [0.25, 0.3) is 0 Å². The Morgan fingerprint density at radius 1 is 1.35 bits per heavy atom. The lowest BCUT2D eigenvalue weighted by Gasteiger charge is -2.18. The van der Waals surface area contributed by atoms with E-state index in [1.165, 1.54) is 24.9 Å². The van der Waals surface area contributed by atoms with E-state index in [4.69, 9.17) is 0 Å². The Bertz CT molecular complexity index is 845. The van der Waals surface area contributed by atoms with Crippen LogP contribution in [0.1, 0.15) is 20.3 Å². The molecule has 0 heterocycles. The molecule has 0 aromatic heterocycles. The number of halogens is 2. The molecule has 0 bridgehead atoms. The smallest absolute Gasteiger partial charge is 0.166 e. The van der Waals surface area contributed by atoms with E-state index in [-0.39, 0.29) is 17.0 Å². The second-order valence-electron chi connectivity index (χ2n) is 5.77. The summed E-state index contributed by atoms with van der Waals surface area (Å²) in [6, 6.07) is 2.11. The van der Waals surface area contributed by atoms with E-state index >= 15 is 0 Å². The van der Waals surface area contributed by atoms with Crippen molar-refractivity contribution in [3.05, 3.63) is 72.3 Å². The molecule has 1 rings (SSSR count). The molecule has 0 aromatic rings. The molecule has 3 N–H and O–H groups in total. The number of allylic oxidation sites excluding steroid dienone is 7. The second kappa shape index (κ2) is 16.8. The van der Waals surface area contributed by atoms with Crippen molar-refractivity contribution in [2.75, 3.05) is 26.5 Å². The van der Waals surface area contributed by atoms with Gasteiger partial charge < -0.3 is 15.4 Å². The third-order valence-corrected chi connectivity index (χ3v) is 4.59. The summed E-state index contributed by atoms with van der Waals surface area (Å²) in [5, 5.41) is 15.5. The average molecular weight is 449 g/mol. The van der Waals surface area contributed by atoms with Gasteiger partial charge in [-0.25, -0.2) is 8.78 Å². The predicted molar refractivity (Wildman–Crippen MR) is 129 cm³/mol. The van der Waals surface area contributed by atoms with Crippen LogP contribution in [0.2, 0.25) is 0 Å². The van der Waals surface area contributed by atoms with Crippen LogP contribution in [0.15, 0.2) is 82.3 Å². The van der Waals surface area contributed by atoms with Crippen LogP contribution in [0, 0.1) is 11.3 Å². The highest BCUT2D eigenvalue weighted by atomic mass is 32.2. The first kappa shape index (κ1) is 28.0. The molecule has 168 valence electrons. The highest BCUT2D eigenvalue weighted by Gasteiger charge is 2.21. The Balaban J connectivity index is 0.00000436. The number of nitrogens with zero attached hydrogens (tertiary/aromatic N) is 3. The molecule has 0 aromatic carbocycles. The summed E-state index contributed by atoms with van der Waals surface area (Å²) in [6.07, 6.45) is 7.01. The largest absolute Gasteiger partial charge is 0.356 e. The molecule has 0 saturated heterocycles. The van der Waals surface area contributed by atoms with Crippen molar-refractivity contribution in [2.24, 2.45) is 9.98 Å². The van der Waals surface area contributed by atoms with E-state index in [0.29, 0.717) is 30.1 Å². The zero-order valence-corrected chi connectivity index (χ0v) is 19.2. The van der Waals surface area contributed by atoms with Gasteiger partial charge in [0.2, 0.25) is 0 Å². The minimum absolute atomic E-state index is 0.126. The van der Waals surface area contributed by atoms with Crippen molar-refractivity contribution < 1.29 is 8.78 Å². The topological polar surface area (TPSA) is 84.6 Å². The van der Waals surface area contributed by atoms with Crippen LogP contribution in [-0.4, -0.2) is 37.9 Å². The molecule has 31 heavy (non-hydrogen) atoms. The van der Waals surface area contributed by atoms with Gasteiger partial charge in [-0.3, -0.25) is 9.98 Å². The van der Waals surface area contributed by atoms with Crippen LogP contribution in [0.5, 0.6) is 0 Å². The fourth-order valence-corrected chi connectivity index (χ4v) is 2.89. The average Bonchev–Trinajstić information content (AvgIpc) is 2.80. The molecule has 6 nitrogen and oxygen atoms in total. The summed E-state index contributed by atoms with van der Waals surface area (Å²) in [5.41, 5.74) is 1.96. The third-order valence-electron chi connectivity index (χ3n) is 3.62. The van der Waals surface area contributed by atoms with Crippen LogP contribution >= 0.6 is 11.9 Å². The van der Waals surface area contributed by atoms with Crippen molar-refractivity contribution in [2.45, 2.75) is 20.3 Å². The van der Waals surface area contributed by atoms with Gasteiger partial charge in [0, 0.05) is 12.8 Å². The van der Waals surface area contributed by atoms with E-state index in [1.807, 2.05) is 6.92 Å². The van der Waals surface area contributed by atoms with Crippen LogP contribution in [-0.2, 0) is 0 Å². The van der Waals surface area contributed by atoms with E-state index in [9.17, 15) is 14.0 Å². The number of hydrogen-bond acceptors (Lipinski definition) is 7. The van der Waals surface area contributed by atoms with Crippen molar-refractivity contribution in [3.63, 3.8) is 0 Å². The van der Waals surface area contributed by atoms with Gasteiger partial charge in [0.05, 0.1) is 35.8 Å². The highest BCUT2D eigenvalue weighted by Crippen LogP contribution is 2.20. The standard InChI is InChI=1S/C20H26F2N6S.C2H4/c1-5-11-29-28-17(7-6-10-21)19(22)14(2)27-16-8-9-18(25-4)20(15(16)12-23)26-13-24-3;1-2/h6-10,24,27-28H,5,11,13H2,1-4H3;1-2H2/b10-6+,17-7+,19-14-,25-18?,26-20-;. The highest BCUT2D eigenvalue weighted by molar-refractivity contribution is 7.97. The maximum absolute atomic E-state index is 15.0. The fraction of sp³-hybridized carbons (Fsp3) is 0.318. The van der Waals surface area contributed by atoms with Gasteiger partial charge in [0.1, 0.15) is 17.4 Å². The first-order valence-electron chi connectivity index (χ1n) is 9.51. The van der Waals surface area contributed by atoms with Gasteiger partial charge in [-0.2, -0.15) is 5.26 Å². The van der Waals surface area contributed by atoms with Gasteiger partial charge in [-0.15, -0.1) is 13.2 Å². The first-order chi connectivity index (χ1) is 15.0. The lowest BCUT2D eigenvalue weighted by molar-refractivity contribution is 0.620. The van der Waals surface area contributed by atoms with Gasteiger partial charge in [0.25, 0.3) is 0 Å². The lowest BCUT2D eigenvalue weighted by atomic mass is 9.98. The Kier molecular flexibility index (Phi) is 15.2. The normalized spacial score (nSPS) is 17.4. The fourth-order valence-electron chi connectivity index (χ4n) is 2.27. The Labute approximate surface area is 188 Å². The van der Waals surface area contributed by atoms with Crippen LogP contribution in [0.4, 0.5) is 8.78 Å². The van der Waals surface area contributed by atoms with Gasteiger partial charge in [0.15, 0.2) is 5.83 Å². The SMILES string of the molecule is C=C.CCCSNC(=C/C=C/F)/C(F)=C(\C)NC1=C(C#N)/C(=N/CNC)C(=NC)C=C1. The number of nitriles is 1. The number of aliphatic imine (C=N–C) groups is 2. The molecule has 0 aliphatic heterocycles.